The third-order valence-corrected chi connectivity index (χ3v) is 6.13. The monoisotopic (exact) mass is 375 g/mol. The zero-order valence-corrected chi connectivity index (χ0v) is 15.4. The number of benzene rings is 2. The Balaban J connectivity index is 1.73. The van der Waals surface area contributed by atoms with Crippen molar-refractivity contribution in [2.24, 2.45) is 0 Å². The van der Waals surface area contributed by atoms with Crippen LogP contribution in [0.15, 0.2) is 53.4 Å². The van der Waals surface area contributed by atoms with E-state index in [2.05, 4.69) is 0 Å². The second-order valence-electron chi connectivity index (χ2n) is 5.93. The van der Waals surface area contributed by atoms with Crippen LogP contribution in [-0.4, -0.2) is 45.0 Å². The van der Waals surface area contributed by atoms with Crippen LogP contribution in [-0.2, 0) is 21.2 Å². The van der Waals surface area contributed by atoms with E-state index in [-0.39, 0.29) is 4.90 Å². The summed E-state index contributed by atoms with van der Waals surface area (Å²) in [5.41, 5.74) is 1.37. The number of rotatable bonds is 5. The van der Waals surface area contributed by atoms with Gasteiger partial charge in [-0.25, -0.2) is 13.2 Å². The summed E-state index contributed by atoms with van der Waals surface area (Å²) >= 11 is 0. The van der Waals surface area contributed by atoms with E-state index in [1.165, 1.54) is 28.6 Å². The van der Waals surface area contributed by atoms with Gasteiger partial charge in [0.05, 0.1) is 23.7 Å². The largest absolute Gasteiger partial charge is 0.423 e. The van der Waals surface area contributed by atoms with Gasteiger partial charge < -0.3 is 9.47 Å². The summed E-state index contributed by atoms with van der Waals surface area (Å²) in [4.78, 5) is 12.4. The van der Waals surface area contributed by atoms with Gasteiger partial charge in [-0.2, -0.15) is 4.31 Å². The number of morpholine rings is 1. The van der Waals surface area contributed by atoms with Crippen molar-refractivity contribution in [3.05, 3.63) is 59.7 Å². The van der Waals surface area contributed by atoms with Gasteiger partial charge in [-0.3, -0.25) is 0 Å². The van der Waals surface area contributed by atoms with E-state index in [9.17, 15) is 13.2 Å². The molecule has 26 heavy (non-hydrogen) atoms. The van der Waals surface area contributed by atoms with Crippen LogP contribution in [0.25, 0.3) is 0 Å². The molecule has 0 bridgehead atoms. The summed E-state index contributed by atoms with van der Waals surface area (Å²) in [7, 11) is -3.57. The Bertz CT molecular complexity index is 871. The first kappa shape index (κ1) is 18.6. The van der Waals surface area contributed by atoms with Crippen molar-refractivity contribution >= 4 is 16.0 Å². The zero-order valence-electron chi connectivity index (χ0n) is 14.6. The minimum Gasteiger partial charge on any atom is -0.423 e. The molecule has 3 rings (SSSR count). The standard InChI is InChI=1S/C19H21NO5S/c1-2-15-4-3-5-17(14-15)25-19(21)16-6-8-18(9-7-16)26(22,23)20-10-12-24-13-11-20/h3-9,14H,2,10-13H2,1H3. The smallest absolute Gasteiger partial charge is 0.343 e. The van der Waals surface area contributed by atoms with Crippen LogP contribution in [0.4, 0.5) is 0 Å². The van der Waals surface area contributed by atoms with Gasteiger partial charge in [0.2, 0.25) is 10.0 Å². The molecule has 0 atom stereocenters. The SMILES string of the molecule is CCc1cccc(OC(=O)c2ccc(S(=O)(=O)N3CCOCC3)cc2)c1. The molecule has 138 valence electrons. The highest BCUT2D eigenvalue weighted by molar-refractivity contribution is 7.89. The fourth-order valence-corrected chi connectivity index (χ4v) is 4.10. The fraction of sp³-hybridized carbons (Fsp3) is 0.316. The van der Waals surface area contributed by atoms with Crippen molar-refractivity contribution in [1.29, 1.82) is 0 Å². The molecular formula is C19H21NO5S. The van der Waals surface area contributed by atoms with Gasteiger partial charge in [0.15, 0.2) is 0 Å². The predicted molar refractivity (Wildman–Crippen MR) is 96.8 cm³/mol. The molecule has 0 aromatic heterocycles. The van der Waals surface area contributed by atoms with E-state index in [0.717, 1.165) is 12.0 Å². The maximum Gasteiger partial charge on any atom is 0.343 e. The van der Waals surface area contributed by atoms with Gasteiger partial charge in [0, 0.05) is 13.1 Å². The van der Waals surface area contributed by atoms with Crippen molar-refractivity contribution < 1.29 is 22.7 Å². The average Bonchev–Trinajstić information content (AvgIpc) is 2.69. The van der Waals surface area contributed by atoms with Gasteiger partial charge >= 0.3 is 5.97 Å². The first-order chi connectivity index (χ1) is 12.5. The molecule has 7 heteroatoms. The highest BCUT2D eigenvalue weighted by atomic mass is 32.2. The number of carbonyl (C=O) groups is 1. The number of ether oxygens (including phenoxy) is 2. The molecule has 0 saturated carbocycles. The summed E-state index contributed by atoms with van der Waals surface area (Å²) in [6, 6.07) is 13.1. The summed E-state index contributed by atoms with van der Waals surface area (Å²) in [5.74, 6) is -0.0482. The lowest BCUT2D eigenvalue weighted by molar-refractivity contribution is 0.0730. The quantitative estimate of drug-likeness (QED) is 0.593. The Morgan fingerprint density at radius 1 is 1.12 bits per heavy atom. The number of nitrogens with zero attached hydrogens (tertiary/aromatic N) is 1. The van der Waals surface area contributed by atoms with Crippen LogP contribution in [0.1, 0.15) is 22.8 Å². The fourth-order valence-electron chi connectivity index (χ4n) is 2.69. The molecular weight excluding hydrogens is 354 g/mol. The second kappa shape index (κ2) is 7.99. The summed E-state index contributed by atoms with van der Waals surface area (Å²) in [6.07, 6.45) is 0.847. The van der Waals surface area contributed by atoms with Crippen molar-refractivity contribution in [3.8, 4) is 5.75 Å². The molecule has 1 fully saturated rings. The van der Waals surface area contributed by atoms with E-state index in [4.69, 9.17) is 9.47 Å². The zero-order chi connectivity index (χ0) is 18.6. The van der Waals surface area contributed by atoms with Crippen molar-refractivity contribution in [3.63, 3.8) is 0 Å². The normalized spacial score (nSPS) is 15.6. The molecule has 0 radical (unpaired) electrons. The molecule has 1 saturated heterocycles. The van der Waals surface area contributed by atoms with Crippen LogP contribution in [0.5, 0.6) is 5.75 Å². The Kier molecular flexibility index (Phi) is 5.70. The molecule has 2 aromatic carbocycles. The number of sulfonamides is 1. The third-order valence-electron chi connectivity index (χ3n) is 4.22. The molecule has 1 heterocycles. The van der Waals surface area contributed by atoms with Gasteiger partial charge in [0.1, 0.15) is 5.75 Å². The van der Waals surface area contributed by atoms with Gasteiger partial charge in [-0.15, -0.1) is 0 Å². The van der Waals surface area contributed by atoms with Crippen molar-refractivity contribution in [1.82, 2.24) is 4.31 Å². The van der Waals surface area contributed by atoms with Crippen LogP contribution in [0.3, 0.4) is 0 Å². The molecule has 6 nitrogen and oxygen atoms in total. The maximum absolute atomic E-state index is 12.6. The van der Waals surface area contributed by atoms with Gasteiger partial charge in [-0.1, -0.05) is 19.1 Å². The predicted octanol–water partition coefficient (Wildman–Crippen LogP) is 2.49. The lowest BCUT2D eigenvalue weighted by Gasteiger charge is -2.26. The van der Waals surface area contributed by atoms with Crippen LogP contribution < -0.4 is 4.74 Å². The first-order valence-electron chi connectivity index (χ1n) is 8.50. The van der Waals surface area contributed by atoms with Crippen LogP contribution >= 0.6 is 0 Å². The number of carbonyl (C=O) groups excluding carboxylic acids is 1. The summed E-state index contributed by atoms with van der Waals surface area (Å²) < 4.78 is 37.1. The number of aryl methyl sites for hydroxylation is 1. The molecule has 0 unspecified atom stereocenters. The average molecular weight is 375 g/mol. The maximum atomic E-state index is 12.6. The van der Waals surface area contributed by atoms with E-state index >= 15 is 0 Å². The summed E-state index contributed by atoms with van der Waals surface area (Å²) in [6.45, 7) is 3.47. The van der Waals surface area contributed by atoms with E-state index < -0.39 is 16.0 Å². The van der Waals surface area contributed by atoms with Crippen LogP contribution in [0.2, 0.25) is 0 Å². The number of hydrogen-bond acceptors (Lipinski definition) is 5. The molecule has 1 aliphatic rings. The molecule has 0 aliphatic carbocycles. The molecule has 2 aromatic rings. The third kappa shape index (κ3) is 4.12. The lowest BCUT2D eigenvalue weighted by Crippen LogP contribution is -2.40. The van der Waals surface area contributed by atoms with E-state index in [1.54, 1.807) is 6.07 Å². The van der Waals surface area contributed by atoms with Gasteiger partial charge in [-0.05, 0) is 48.4 Å². The number of hydrogen-bond donors (Lipinski definition) is 0. The first-order valence-corrected chi connectivity index (χ1v) is 9.94. The van der Waals surface area contributed by atoms with Crippen molar-refractivity contribution in [2.45, 2.75) is 18.2 Å². The number of esters is 1. The summed E-state index contributed by atoms with van der Waals surface area (Å²) in [5, 5.41) is 0. The minimum atomic E-state index is -3.57. The topological polar surface area (TPSA) is 72.9 Å². The Hall–Kier alpha value is -2.22. The molecule has 0 N–H and O–H groups in total. The Morgan fingerprint density at radius 2 is 1.81 bits per heavy atom. The Labute approximate surface area is 153 Å². The molecule has 0 spiro atoms. The van der Waals surface area contributed by atoms with Gasteiger partial charge in [0.25, 0.3) is 0 Å². The highest BCUT2D eigenvalue weighted by Gasteiger charge is 2.26. The molecule has 1 aliphatic heterocycles. The van der Waals surface area contributed by atoms with Crippen molar-refractivity contribution in [2.75, 3.05) is 26.3 Å². The molecule has 0 amide bonds. The van der Waals surface area contributed by atoms with Crippen LogP contribution in [0, 0.1) is 0 Å². The lowest BCUT2D eigenvalue weighted by atomic mass is 10.1. The van der Waals surface area contributed by atoms with E-state index in [1.807, 2.05) is 25.1 Å². The minimum absolute atomic E-state index is 0.156. The van der Waals surface area contributed by atoms with E-state index in [0.29, 0.717) is 37.6 Å². The Morgan fingerprint density at radius 3 is 2.46 bits per heavy atom. The second-order valence-corrected chi connectivity index (χ2v) is 7.87. The highest BCUT2D eigenvalue weighted by Crippen LogP contribution is 2.19.